The van der Waals surface area contributed by atoms with Crippen LogP contribution in [0, 0.1) is 0 Å². The summed E-state index contributed by atoms with van der Waals surface area (Å²) < 4.78 is 7.22. The Morgan fingerprint density at radius 3 is 2.62 bits per heavy atom. The number of thiazole rings is 1. The van der Waals surface area contributed by atoms with Gasteiger partial charge in [0.1, 0.15) is 17.8 Å². The lowest BCUT2D eigenvalue weighted by atomic mass is 9.77. The van der Waals surface area contributed by atoms with Gasteiger partial charge in [0.25, 0.3) is 0 Å². The number of ether oxygens (including phenoxy) is 1. The van der Waals surface area contributed by atoms with E-state index in [4.69, 9.17) is 32.9 Å². The van der Waals surface area contributed by atoms with Crippen molar-refractivity contribution in [2.45, 2.75) is 31.3 Å². The molecule has 10 heteroatoms. The Labute approximate surface area is 240 Å². The van der Waals surface area contributed by atoms with Gasteiger partial charge in [0.2, 0.25) is 5.28 Å². The van der Waals surface area contributed by atoms with E-state index in [2.05, 4.69) is 63.2 Å². The summed E-state index contributed by atoms with van der Waals surface area (Å²) in [5, 5.41) is 13.3. The van der Waals surface area contributed by atoms with Crippen LogP contribution in [0.25, 0.3) is 5.69 Å². The molecular formula is C29H26Cl2N6OS. The van der Waals surface area contributed by atoms with Crippen molar-refractivity contribution in [3.63, 3.8) is 0 Å². The Balaban J connectivity index is 1.32. The number of hydrogen-bond donors (Lipinski definition) is 2. The number of nitrogens with one attached hydrogen (secondary N) is 2. The first-order chi connectivity index (χ1) is 19.0. The number of rotatable bonds is 8. The molecule has 198 valence electrons. The molecule has 0 aliphatic heterocycles. The smallest absolute Gasteiger partial charge is 0.242 e. The predicted molar refractivity (Wildman–Crippen MR) is 157 cm³/mol. The van der Waals surface area contributed by atoms with Crippen molar-refractivity contribution >= 4 is 45.4 Å². The molecule has 0 radical (unpaired) electrons. The van der Waals surface area contributed by atoms with Gasteiger partial charge >= 0.3 is 0 Å². The Hall–Kier alpha value is -3.43. The van der Waals surface area contributed by atoms with Gasteiger partial charge in [-0.3, -0.25) is 5.32 Å². The standard InChI is InChI=1S/C29H26Cl2N6OS/c1-38-24-16-22(13-14-23(24)37-18-32-27(31)36-37)34-28-35-26-25(39-28)8-5-15-29(26,20-6-3-2-4-7-20)33-17-19-9-11-21(30)12-10-19/h2-4,6-7,9-14,16,18,33H,5,8,15,17H2,1H3,(H,34,35). The molecule has 39 heavy (non-hydrogen) atoms. The first-order valence-corrected chi connectivity index (χ1v) is 14.2. The second-order valence-corrected chi connectivity index (χ2v) is 11.2. The first kappa shape index (κ1) is 25.8. The summed E-state index contributed by atoms with van der Waals surface area (Å²) in [6, 6.07) is 24.4. The van der Waals surface area contributed by atoms with Crippen molar-refractivity contribution in [3.8, 4) is 11.4 Å². The van der Waals surface area contributed by atoms with Crippen molar-refractivity contribution in [1.29, 1.82) is 0 Å². The maximum absolute atomic E-state index is 6.12. The predicted octanol–water partition coefficient (Wildman–Crippen LogP) is 7.15. The number of aryl methyl sites for hydroxylation is 1. The average Bonchev–Trinajstić information content (AvgIpc) is 3.59. The van der Waals surface area contributed by atoms with Gasteiger partial charge in [0.15, 0.2) is 5.13 Å². The van der Waals surface area contributed by atoms with Crippen LogP contribution < -0.4 is 15.4 Å². The largest absolute Gasteiger partial charge is 0.494 e. The molecule has 0 fully saturated rings. The van der Waals surface area contributed by atoms with Crippen molar-refractivity contribution in [3.05, 3.63) is 111 Å². The van der Waals surface area contributed by atoms with Crippen LogP contribution in [0.3, 0.4) is 0 Å². The number of halogens is 2. The fraction of sp³-hybridized carbons (Fsp3) is 0.207. The molecule has 2 heterocycles. The molecule has 0 spiro atoms. The zero-order valence-corrected chi connectivity index (χ0v) is 23.5. The molecule has 1 unspecified atom stereocenters. The Kier molecular flexibility index (Phi) is 7.27. The maximum atomic E-state index is 6.12. The Morgan fingerprint density at radius 1 is 1.05 bits per heavy atom. The summed E-state index contributed by atoms with van der Waals surface area (Å²) in [5.74, 6) is 0.645. The first-order valence-electron chi connectivity index (χ1n) is 12.6. The fourth-order valence-corrected chi connectivity index (χ4v) is 6.45. The normalized spacial score (nSPS) is 16.6. The van der Waals surface area contributed by atoms with E-state index in [-0.39, 0.29) is 5.28 Å². The molecular weight excluding hydrogens is 551 g/mol. The summed E-state index contributed by atoms with van der Waals surface area (Å²) >= 11 is 13.7. The Bertz CT molecular complexity index is 1590. The molecule has 0 amide bonds. The van der Waals surface area contributed by atoms with E-state index in [1.165, 1.54) is 16.0 Å². The number of aromatic nitrogens is 4. The van der Waals surface area contributed by atoms with Crippen molar-refractivity contribution in [2.75, 3.05) is 12.4 Å². The number of fused-ring (bicyclic) bond motifs is 1. The van der Waals surface area contributed by atoms with Gasteiger partial charge in [-0.2, -0.15) is 0 Å². The van der Waals surface area contributed by atoms with Crippen LogP contribution in [0.4, 0.5) is 10.8 Å². The van der Waals surface area contributed by atoms with Gasteiger partial charge in [-0.1, -0.05) is 54.1 Å². The molecule has 1 aliphatic carbocycles. The van der Waals surface area contributed by atoms with E-state index in [9.17, 15) is 0 Å². The van der Waals surface area contributed by atoms with Gasteiger partial charge in [-0.05, 0) is 66.3 Å². The van der Waals surface area contributed by atoms with Crippen LogP contribution >= 0.6 is 34.5 Å². The number of anilines is 2. The van der Waals surface area contributed by atoms with Crippen LogP contribution in [0.2, 0.25) is 10.3 Å². The monoisotopic (exact) mass is 576 g/mol. The molecule has 3 aromatic carbocycles. The third-order valence-corrected chi connectivity index (χ3v) is 8.43. The van der Waals surface area contributed by atoms with Crippen LogP contribution in [0.5, 0.6) is 5.75 Å². The van der Waals surface area contributed by atoms with Crippen LogP contribution in [-0.4, -0.2) is 26.9 Å². The van der Waals surface area contributed by atoms with Crippen LogP contribution in [0.1, 0.15) is 34.5 Å². The van der Waals surface area contributed by atoms with Gasteiger partial charge in [0, 0.05) is 28.2 Å². The zero-order chi connectivity index (χ0) is 26.8. The lowest BCUT2D eigenvalue weighted by Gasteiger charge is -2.38. The highest BCUT2D eigenvalue weighted by Crippen LogP contribution is 2.44. The summed E-state index contributed by atoms with van der Waals surface area (Å²) in [4.78, 5) is 10.5. The topological polar surface area (TPSA) is 76.9 Å². The summed E-state index contributed by atoms with van der Waals surface area (Å²) in [6.07, 6.45) is 4.59. The number of nitrogens with zero attached hydrogens (tertiary/aromatic N) is 4. The molecule has 1 aliphatic rings. The minimum atomic E-state index is -0.390. The average molecular weight is 578 g/mol. The molecule has 0 saturated heterocycles. The number of benzene rings is 3. The third-order valence-electron chi connectivity index (χ3n) is 6.97. The molecule has 7 nitrogen and oxygen atoms in total. The fourth-order valence-electron chi connectivity index (χ4n) is 5.10. The summed E-state index contributed by atoms with van der Waals surface area (Å²) in [7, 11) is 1.63. The van der Waals surface area contributed by atoms with Gasteiger partial charge in [0.05, 0.1) is 18.3 Å². The summed E-state index contributed by atoms with van der Waals surface area (Å²) in [5.41, 5.74) is 4.70. The second kappa shape index (κ2) is 11.0. The molecule has 0 bridgehead atoms. The van der Waals surface area contributed by atoms with E-state index >= 15 is 0 Å². The maximum Gasteiger partial charge on any atom is 0.242 e. The lowest BCUT2D eigenvalue weighted by Crippen LogP contribution is -2.45. The summed E-state index contributed by atoms with van der Waals surface area (Å²) in [6.45, 7) is 0.705. The molecule has 2 N–H and O–H groups in total. The molecule has 0 saturated carbocycles. The minimum absolute atomic E-state index is 0.180. The SMILES string of the molecule is COc1cc(Nc2nc3c(s2)CCCC3(NCc2ccc(Cl)cc2)c2ccccc2)ccc1-n1cnc(Cl)n1. The highest BCUT2D eigenvalue weighted by molar-refractivity contribution is 7.15. The van der Waals surface area contributed by atoms with Crippen LogP contribution in [-0.2, 0) is 18.5 Å². The lowest BCUT2D eigenvalue weighted by molar-refractivity contribution is 0.335. The van der Waals surface area contributed by atoms with Crippen molar-refractivity contribution < 1.29 is 4.74 Å². The number of methoxy groups -OCH3 is 1. The van der Waals surface area contributed by atoms with E-state index in [0.29, 0.717) is 12.3 Å². The van der Waals surface area contributed by atoms with Crippen LogP contribution in [0.15, 0.2) is 79.1 Å². The van der Waals surface area contributed by atoms with Gasteiger partial charge < -0.3 is 10.1 Å². The second-order valence-electron chi connectivity index (χ2n) is 9.37. The van der Waals surface area contributed by atoms with E-state index in [1.54, 1.807) is 29.5 Å². The van der Waals surface area contributed by atoms with E-state index < -0.39 is 5.54 Å². The third kappa shape index (κ3) is 5.25. The van der Waals surface area contributed by atoms with Gasteiger partial charge in [-0.15, -0.1) is 16.4 Å². The minimum Gasteiger partial charge on any atom is -0.494 e. The van der Waals surface area contributed by atoms with E-state index in [0.717, 1.165) is 46.5 Å². The Morgan fingerprint density at radius 2 is 1.87 bits per heavy atom. The molecule has 5 aromatic rings. The van der Waals surface area contributed by atoms with Crippen molar-refractivity contribution in [1.82, 2.24) is 25.1 Å². The van der Waals surface area contributed by atoms with Gasteiger partial charge in [-0.25, -0.2) is 14.6 Å². The zero-order valence-electron chi connectivity index (χ0n) is 21.2. The molecule has 1 atom stereocenters. The molecule has 6 rings (SSSR count). The highest BCUT2D eigenvalue weighted by atomic mass is 35.5. The van der Waals surface area contributed by atoms with E-state index in [1.807, 2.05) is 30.3 Å². The van der Waals surface area contributed by atoms with Crippen molar-refractivity contribution in [2.24, 2.45) is 0 Å². The highest BCUT2D eigenvalue weighted by Gasteiger charge is 2.41. The molecule has 2 aromatic heterocycles. The number of hydrogen-bond acceptors (Lipinski definition) is 7. The quantitative estimate of drug-likeness (QED) is 0.204.